The van der Waals surface area contributed by atoms with Gasteiger partial charge in [0.2, 0.25) is 0 Å². The van der Waals surface area contributed by atoms with Gasteiger partial charge in [-0.15, -0.1) is 0 Å². The van der Waals surface area contributed by atoms with Crippen molar-refractivity contribution >= 4 is 17.8 Å². The molecule has 0 unspecified atom stereocenters. The Balaban J connectivity index is 1.59. The van der Waals surface area contributed by atoms with Crippen molar-refractivity contribution in [1.29, 1.82) is 0 Å². The average molecular weight is 315 g/mol. The summed E-state index contributed by atoms with van der Waals surface area (Å²) in [6.07, 6.45) is 5.21. The van der Waals surface area contributed by atoms with Gasteiger partial charge < -0.3 is 4.74 Å². The van der Waals surface area contributed by atoms with Crippen LogP contribution in [0.1, 0.15) is 59.2 Å². The van der Waals surface area contributed by atoms with Crippen LogP contribution in [-0.2, 0) is 9.53 Å². The first-order chi connectivity index (χ1) is 11.1. The van der Waals surface area contributed by atoms with Crippen LogP contribution in [0.25, 0.3) is 0 Å². The van der Waals surface area contributed by atoms with Gasteiger partial charge in [-0.2, -0.15) is 0 Å². The van der Waals surface area contributed by atoms with Crippen molar-refractivity contribution in [2.75, 3.05) is 6.54 Å². The Kier molecular flexibility index (Phi) is 4.60. The number of ether oxygens (including phenoxy) is 1. The number of hydrogen-bond donors (Lipinski definition) is 0. The van der Waals surface area contributed by atoms with E-state index in [1.165, 1.54) is 6.42 Å². The lowest BCUT2D eigenvalue weighted by Gasteiger charge is -2.21. The molecule has 0 atom stereocenters. The molecule has 1 aromatic carbocycles. The van der Waals surface area contributed by atoms with Crippen molar-refractivity contribution in [1.82, 2.24) is 0 Å². The molecule has 0 aromatic heterocycles. The van der Waals surface area contributed by atoms with Crippen LogP contribution in [0.2, 0.25) is 0 Å². The van der Waals surface area contributed by atoms with Gasteiger partial charge in [-0.25, -0.2) is 4.79 Å². The molecule has 0 radical (unpaired) electrons. The van der Waals surface area contributed by atoms with E-state index in [4.69, 9.17) is 4.74 Å². The fourth-order valence-corrected chi connectivity index (χ4v) is 2.98. The summed E-state index contributed by atoms with van der Waals surface area (Å²) in [5.41, 5.74) is 0.631. The number of hydrogen-bond acceptors (Lipinski definition) is 4. The highest BCUT2D eigenvalue weighted by atomic mass is 16.5. The molecule has 23 heavy (non-hydrogen) atoms. The average Bonchev–Trinajstić information content (AvgIpc) is 2.58. The van der Waals surface area contributed by atoms with Gasteiger partial charge in [-0.05, 0) is 42.5 Å². The molecule has 2 amide bonds. The summed E-state index contributed by atoms with van der Waals surface area (Å²) in [4.78, 5) is 36.1. The van der Waals surface area contributed by atoms with Gasteiger partial charge in [0.15, 0.2) is 6.54 Å². The number of amides is 2. The van der Waals surface area contributed by atoms with Gasteiger partial charge in [0.25, 0.3) is 0 Å². The Morgan fingerprint density at radius 3 is 2.57 bits per heavy atom. The highest BCUT2D eigenvalue weighted by molar-refractivity contribution is 6.06. The number of nitrogens with zero attached hydrogens (tertiary/aromatic N) is 2. The van der Waals surface area contributed by atoms with Crippen molar-refractivity contribution in [3.05, 3.63) is 35.4 Å². The second-order valence-corrected chi connectivity index (χ2v) is 5.88. The topological polar surface area (TPSA) is 75.8 Å². The molecule has 0 N–H and O–H groups in total. The van der Waals surface area contributed by atoms with Crippen molar-refractivity contribution in [3.63, 3.8) is 0 Å². The minimum atomic E-state index is -0.458. The molecule has 0 bridgehead atoms. The molecule has 120 valence electrons. The van der Waals surface area contributed by atoms with E-state index in [1.807, 2.05) is 0 Å². The van der Waals surface area contributed by atoms with Gasteiger partial charge in [0, 0.05) is 5.11 Å². The Morgan fingerprint density at radius 1 is 1.13 bits per heavy atom. The van der Waals surface area contributed by atoms with Crippen LogP contribution in [0.15, 0.2) is 29.4 Å². The Bertz CT molecular complexity index is 675. The molecule has 1 saturated carbocycles. The fourth-order valence-electron chi connectivity index (χ4n) is 2.98. The van der Waals surface area contributed by atoms with E-state index in [0.717, 1.165) is 30.4 Å². The quantitative estimate of drug-likeness (QED) is 0.632. The van der Waals surface area contributed by atoms with Crippen molar-refractivity contribution in [3.8, 4) is 0 Å². The Morgan fingerprint density at radius 2 is 1.83 bits per heavy atom. The Labute approximate surface area is 134 Å². The van der Waals surface area contributed by atoms with Crippen LogP contribution in [0.4, 0.5) is 0 Å². The number of fused-ring (bicyclic) bond motifs is 1. The normalized spacial score (nSPS) is 18.3. The molecule has 3 rings (SSSR count). The van der Waals surface area contributed by atoms with E-state index in [-0.39, 0.29) is 30.9 Å². The smallest absolute Gasteiger partial charge is 0.445 e. The maximum absolute atomic E-state index is 12.3. The molecule has 6 heteroatoms. The summed E-state index contributed by atoms with van der Waals surface area (Å²) in [5.74, 6) is -1.15. The number of carbonyl (C=O) groups is 3. The molecule has 1 aliphatic heterocycles. The number of esters is 1. The molecule has 2 aliphatic rings. The zero-order valence-electron chi connectivity index (χ0n) is 12.9. The van der Waals surface area contributed by atoms with Gasteiger partial charge in [-0.1, -0.05) is 18.6 Å². The Hall–Kier alpha value is -2.37. The summed E-state index contributed by atoms with van der Waals surface area (Å²) in [7, 11) is 0. The number of benzene rings is 1. The lowest BCUT2D eigenvalue weighted by molar-refractivity contribution is -0.494. The maximum Gasteiger partial charge on any atom is 0.445 e. The predicted octanol–water partition coefficient (Wildman–Crippen LogP) is 2.71. The molecular weight excluding hydrogens is 296 g/mol. The van der Waals surface area contributed by atoms with Crippen LogP contribution < -0.4 is 0 Å². The highest BCUT2D eigenvalue weighted by Gasteiger charge is 2.34. The minimum Gasteiger partial charge on any atom is -0.462 e. The van der Waals surface area contributed by atoms with E-state index in [2.05, 4.69) is 5.11 Å². The molecular formula is C17H19N2O4+. The number of azo groups is 2. The van der Waals surface area contributed by atoms with E-state index in [1.54, 1.807) is 24.3 Å². The lowest BCUT2D eigenvalue weighted by Crippen LogP contribution is -2.30. The maximum atomic E-state index is 12.3. The van der Waals surface area contributed by atoms with Gasteiger partial charge in [0.1, 0.15) is 18.1 Å². The molecule has 1 fully saturated rings. The van der Waals surface area contributed by atoms with Gasteiger partial charge >= 0.3 is 17.8 Å². The molecule has 1 aliphatic carbocycles. The van der Waals surface area contributed by atoms with Crippen LogP contribution in [0, 0.1) is 0 Å². The molecule has 0 spiro atoms. The first-order valence-corrected chi connectivity index (χ1v) is 8.01. The highest BCUT2D eigenvalue weighted by Crippen LogP contribution is 2.21. The summed E-state index contributed by atoms with van der Waals surface area (Å²) < 4.78 is 6.47. The van der Waals surface area contributed by atoms with Crippen molar-refractivity contribution in [2.45, 2.75) is 44.6 Å². The van der Waals surface area contributed by atoms with E-state index in [9.17, 15) is 14.4 Å². The van der Waals surface area contributed by atoms with E-state index < -0.39 is 5.91 Å². The molecule has 6 nitrogen and oxygen atoms in total. The third kappa shape index (κ3) is 3.52. The van der Waals surface area contributed by atoms with Crippen LogP contribution in [-0.4, -0.2) is 35.1 Å². The largest absolute Gasteiger partial charge is 0.462 e. The van der Waals surface area contributed by atoms with Crippen molar-refractivity contribution < 1.29 is 23.8 Å². The minimum absolute atomic E-state index is 0.00685. The van der Waals surface area contributed by atoms with E-state index >= 15 is 0 Å². The zero-order chi connectivity index (χ0) is 16.2. The lowest BCUT2D eigenvalue weighted by atomic mass is 9.98. The number of carbonyl (C=O) groups excluding carboxylic acids is 3. The fraction of sp³-hybridized carbons (Fsp3) is 0.471. The van der Waals surface area contributed by atoms with Crippen LogP contribution in [0.3, 0.4) is 0 Å². The first-order valence-electron chi connectivity index (χ1n) is 8.01. The first kappa shape index (κ1) is 15.5. The van der Waals surface area contributed by atoms with Crippen LogP contribution in [0.5, 0.6) is 0 Å². The molecule has 1 aromatic rings. The van der Waals surface area contributed by atoms with Crippen LogP contribution >= 0.6 is 0 Å². The third-order valence-electron chi connectivity index (χ3n) is 4.21. The summed E-state index contributed by atoms with van der Waals surface area (Å²) >= 11 is 0. The van der Waals surface area contributed by atoms with E-state index in [0.29, 0.717) is 11.1 Å². The second-order valence-electron chi connectivity index (χ2n) is 5.88. The summed E-state index contributed by atoms with van der Waals surface area (Å²) in [6, 6.07) is 6.56. The standard InChI is InChI=1S/C17H19N2O4/c20-15(23-12-6-2-1-3-7-12)10-11-19-17(22)14-9-5-4-8-13(14)16(21)18-19/h4-5,8-9,12H,1-3,6-7,10-11H2/q+1. The molecule has 1 heterocycles. The van der Waals surface area contributed by atoms with Crippen molar-refractivity contribution in [2.24, 2.45) is 5.11 Å². The van der Waals surface area contributed by atoms with Gasteiger partial charge in [-0.3, -0.25) is 9.59 Å². The number of rotatable bonds is 4. The SMILES string of the molecule is O=C(CC[N+]1=NC(=O)c2ccccc2C1=O)OC1CCCCC1. The monoisotopic (exact) mass is 315 g/mol. The summed E-state index contributed by atoms with van der Waals surface area (Å²) in [6.45, 7) is 0.0600. The summed E-state index contributed by atoms with van der Waals surface area (Å²) in [5, 5.41) is 3.76. The molecule has 0 saturated heterocycles. The second kappa shape index (κ2) is 6.81. The zero-order valence-corrected chi connectivity index (χ0v) is 12.9. The van der Waals surface area contributed by atoms with Gasteiger partial charge in [0.05, 0.1) is 5.56 Å². The predicted molar refractivity (Wildman–Crippen MR) is 80.2 cm³/mol. The third-order valence-corrected chi connectivity index (χ3v) is 4.21.